The topological polar surface area (TPSA) is 12.4 Å². The smallest absolute Gasteiger partial charge is 0.0345 e. The molecule has 1 aliphatic rings. The monoisotopic (exact) mass is 295 g/mol. The van der Waals surface area contributed by atoms with Gasteiger partial charge in [-0.15, -0.1) is 0 Å². The van der Waals surface area contributed by atoms with Gasteiger partial charge in [0.1, 0.15) is 0 Å². The van der Waals surface area contributed by atoms with Gasteiger partial charge in [0.2, 0.25) is 0 Å². The standard InChI is InChI=1S/C21H29N/c1-5-17-12-13-19(21(16(3)4)15-22-6-2)20(14-17)18-10-8-7-9-11-18/h6,12-15,18H,2,5,7-11H2,1,3-4H3/b22-15-. The number of allylic oxidation sites excluding steroid dienone is 2. The molecule has 1 saturated carbocycles. The summed E-state index contributed by atoms with van der Waals surface area (Å²) >= 11 is 0. The van der Waals surface area contributed by atoms with Crippen LogP contribution < -0.4 is 0 Å². The Balaban J connectivity index is 2.51. The lowest BCUT2D eigenvalue weighted by molar-refractivity contribution is 0.443. The zero-order valence-corrected chi connectivity index (χ0v) is 14.4. The predicted octanol–water partition coefficient (Wildman–Crippen LogP) is 6.30. The lowest BCUT2D eigenvalue weighted by Gasteiger charge is -2.25. The summed E-state index contributed by atoms with van der Waals surface area (Å²) in [5.41, 5.74) is 6.91. The van der Waals surface area contributed by atoms with Crippen LogP contribution in [0.4, 0.5) is 0 Å². The minimum atomic E-state index is 0.710. The molecule has 118 valence electrons. The zero-order chi connectivity index (χ0) is 15.9. The van der Waals surface area contributed by atoms with E-state index in [2.05, 4.69) is 50.5 Å². The molecule has 1 aliphatic carbocycles. The van der Waals surface area contributed by atoms with Crippen molar-refractivity contribution in [2.45, 2.75) is 65.2 Å². The molecule has 0 unspecified atom stereocenters. The third kappa shape index (κ3) is 3.97. The summed E-state index contributed by atoms with van der Waals surface area (Å²) in [5.74, 6) is 0.710. The molecule has 22 heavy (non-hydrogen) atoms. The van der Waals surface area contributed by atoms with E-state index >= 15 is 0 Å². The molecule has 0 N–H and O–H groups in total. The largest absolute Gasteiger partial charge is 0.265 e. The van der Waals surface area contributed by atoms with Crippen molar-refractivity contribution in [1.82, 2.24) is 0 Å². The van der Waals surface area contributed by atoms with E-state index in [1.54, 1.807) is 6.20 Å². The average molecular weight is 295 g/mol. The van der Waals surface area contributed by atoms with Crippen LogP contribution in [0.1, 0.15) is 75.5 Å². The molecule has 0 aromatic heterocycles. The molecule has 0 bridgehead atoms. The lowest BCUT2D eigenvalue weighted by atomic mass is 9.79. The quantitative estimate of drug-likeness (QED) is 0.565. The van der Waals surface area contributed by atoms with Crippen LogP contribution in [-0.4, -0.2) is 6.21 Å². The predicted molar refractivity (Wildman–Crippen MR) is 98.6 cm³/mol. The zero-order valence-electron chi connectivity index (χ0n) is 14.4. The Morgan fingerprint density at radius 2 is 1.95 bits per heavy atom. The van der Waals surface area contributed by atoms with Crippen molar-refractivity contribution in [3.63, 3.8) is 0 Å². The minimum Gasteiger partial charge on any atom is -0.265 e. The number of nitrogens with zero attached hydrogens (tertiary/aromatic N) is 1. The number of hydrogen-bond acceptors (Lipinski definition) is 1. The second-order valence-electron chi connectivity index (χ2n) is 6.48. The Kier molecular flexibility index (Phi) is 6.18. The van der Waals surface area contributed by atoms with Gasteiger partial charge in [-0.3, -0.25) is 4.99 Å². The first-order chi connectivity index (χ1) is 10.7. The molecule has 2 rings (SSSR count). The molecule has 1 nitrogen and oxygen atoms in total. The second kappa shape index (κ2) is 8.12. The third-order valence-corrected chi connectivity index (χ3v) is 4.71. The number of benzene rings is 1. The van der Waals surface area contributed by atoms with Crippen molar-refractivity contribution >= 4 is 11.8 Å². The second-order valence-corrected chi connectivity index (χ2v) is 6.48. The molecule has 0 radical (unpaired) electrons. The Hall–Kier alpha value is -1.63. The number of rotatable bonds is 5. The molecule has 0 heterocycles. The molecule has 0 spiro atoms. The molecule has 1 aromatic carbocycles. The van der Waals surface area contributed by atoms with Crippen LogP contribution in [0.2, 0.25) is 0 Å². The first kappa shape index (κ1) is 16.7. The maximum Gasteiger partial charge on any atom is 0.0345 e. The van der Waals surface area contributed by atoms with E-state index < -0.39 is 0 Å². The van der Waals surface area contributed by atoms with Crippen molar-refractivity contribution in [3.05, 3.63) is 53.2 Å². The van der Waals surface area contributed by atoms with Crippen molar-refractivity contribution in [1.29, 1.82) is 0 Å². The Labute approximate surface area is 135 Å². The van der Waals surface area contributed by atoms with Crippen LogP contribution in [0.15, 0.2) is 41.5 Å². The summed E-state index contributed by atoms with van der Waals surface area (Å²) in [5, 5.41) is 0. The van der Waals surface area contributed by atoms with Crippen molar-refractivity contribution in [2.75, 3.05) is 0 Å². The third-order valence-electron chi connectivity index (χ3n) is 4.71. The van der Waals surface area contributed by atoms with E-state index in [-0.39, 0.29) is 0 Å². The normalized spacial score (nSPS) is 16.0. The Bertz CT molecular complexity index is 568. The average Bonchev–Trinajstić information content (AvgIpc) is 2.56. The van der Waals surface area contributed by atoms with Crippen LogP contribution in [0.5, 0.6) is 0 Å². The molecule has 0 aliphatic heterocycles. The van der Waals surface area contributed by atoms with Crippen LogP contribution >= 0.6 is 0 Å². The fraction of sp³-hybridized carbons (Fsp3) is 0.476. The van der Waals surface area contributed by atoms with Gasteiger partial charge in [-0.05, 0) is 61.3 Å². The molecular weight excluding hydrogens is 266 g/mol. The van der Waals surface area contributed by atoms with Crippen LogP contribution in [0.25, 0.3) is 5.57 Å². The van der Waals surface area contributed by atoms with E-state index in [1.165, 1.54) is 59.9 Å². The number of hydrogen-bond donors (Lipinski definition) is 0. The van der Waals surface area contributed by atoms with Gasteiger partial charge in [0, 0.05) is 12.4 Å². The van der Waals surface area contributed by atoms with E-state index in [1.807, 2.05) is 6.21 Å². The first-order valence-corrected chi connectivity index (χ1v) is 8.62. The van der Waals surface area contributed by atoms with Crippen molar-refractivity contribution < 1.29 is 0 Å². The fourth-order valence-corrected chi connectivity index (χ4v) is 3.42. The van der Waals surface area contributed by atoms with Crippen molar-refractivity contribution in [2.24, 2.45) is 4.99 Å². The van der Waals surface area contributed by atoms with Gasteiger partial charge in [0.05, 0.1) is 0 Å². The Morgan fingerprint density at radius 3 is 2.55 bits per heavy atom. The van der Waals surface area contributed by atoms with E-state index in [0.717, 1.165) is 6.42 Å². The van der Waals surface area contributed by atoms with Crippen LogP contribution in [0.3, 0.4) is 0 Å². The van der Waals surface area contributed by atoms with Gasteiger partial charge in [0.25, 0.3) is 0 Å². The summed E-state index contributed by atoms with van der Waals surface area (Å²) in [6, 6.07) is 7.02. The van der Waals surface area contributed by atoms with Gasteiger partial charge < -0.3 is 0 Å². The van der Waals surface area contributed by atoms with Crippen molar-refractivity contribution in [3.8, 4) is 0 Å². The van der Waals surface area contributed by atoms with Gasteiger partial charge in [-0.25, -0.2) is 0 Å². The maximum atomic E-state index is 4.28. The fourth-order valence-electron chi connectivity index (χ4n) is 3.42. The summed E-state index contributed by atoms with van der Waals surface area (Å²) in [6.07, 6.45) is 11.5. The van der Waals surface area contributed by atoms with E-state index in [0.29, 0.717) is 5.92 Å². The summed E-state index contributed by atoms with van der Waals surface area (Å²) in [7, 11) is 0. The molecule has 0 saturated heterocycles. The summed E-state index contributed by atoms with van der Waals surface area (Å²) in [4.78, 5) is 4.28. The maximum absolute atomic E-state index is 4.28. The van der Waals surface area contributed by atoms with Crippen LogP contribution in [0, 0.1) is 0 Å². The van der Waals surface area contributed by atoms with Gasteiger partial charge >= 0.3 is 0 Å². The number of aliphatic imine (C=N–C) groups is 1. The molecular formula is C21H29N. The minimum absolute atomic E-state index is 0.710. The van der Waals surface area contributed by atoms with Gasteiger partial charge in [-0.1, -0.05) is 56.5 Å². The molecule has 0 atom stereocenters. The highest BCUT2D eigenvalue weighted by Gasteiger charge is 2.20. The van der Waals surface area contributed by atoms with Gasteiger partial charge in [-0.2, -0.15) is 0 Å². The molecule has 1 aromatic rings. The van der Waals surface area contributed by atoms with E-state index in [4.69, 9.17) is 0 Å². The first-order valence-electron chi connectivity index (χ1n) is 8.62. The number of aryl methyl sites for hydroxylation is 1. The molecule has 0 amide bonds. The van der Waals surface area contributed by atoms with Gasteiger partial charge in [0.15, 0.2) is 0 Å². The molecule has 1 heteroatoms. The highest BCUT2D eigenvalue weighted by atomic mass is 14.7. The molecule has 1 fully saturated rings. The van der Waals surface area contributed by atoms with Crippen LogP contribution in [-0.2, 0) is 6.42 Å². The SMILES string of the molecule is C=C/N=C\C(=C(C)C)c1ccc(CC)cc1C1CCCCC1. The highest BCUT2D eigenvalue weighted by Crippen LogP contribution is 2.37. The van der Waals surface area contributed by atoms with E-state index in [9.17, 15) is 0 Å². The Morgan fingerprint density at radius 1 is 1.23 bits per heavy atom. The highest BCUT2D eigenvalue weighted by molar-refractivity contribution is 6.11. The lowest BCUT2D eigenvalue weighted by Crippen LogP contribution is -2.08. The summed E-state index contributed by atoms with van der Waals surface area (Å²) in [6.45, 7) is 10.3. The summed E-state index contributed by atoms with van der Waals surface area (Å²) < 4.78 is 0.